The number of hydrogen-bond acceptors (Lipinski definition) is 1. The van der Waals surface area contributed by atoms with E-state index in [-0.39, 0.29) is 22.3 Å². The molecule has 0 spiro atoms. The quantitative estimate of drug-likeness (QED) is 0.277. The highest BCUT2D eigenvalue weighted by Crippen LogP contribution is 2.57. The lowest BCUT2D eigenvalue weighted by atomic mass is 10.1. The Bertz CT molecular complexity index is 914. The van der Waals surface area contributed by atoms with Crippen LogP contribution in [-0.2, 0) is 0 Å². The standard InChI is InChI=1S/C20H10F4IN/c21-18(12-7-3-1-4-8-12)16-15(14(11-26)20(22,23)24)17(16)19(25)13-9-5-2-6-10-13/h1-10H. The average molecular weight is 467 g/mol. The Kier molecular flexibility index (Phi) is 5.01. The number of alkyl halides is 3. The number of halogens is 5. The first-order chi connectivity index (χ1) is 12.4. The van der Waals surface area contributed by atoms with Gasteiger partial charge in [0.1, 0.15) is 17.5 Å². The van der Waals surface area contributed by atoms with E-state index < -0.39 is 17.6 Å². The van der Waals surface area contributed by atoms with E-state index in [4.69, 9.17) is 5.26 Å². The van der Waals surface area contributed by atoms with Gasteiger partial charge in [0, 0.05) is 25.9 Å². The molecule has 26 heavy (non-hydrogen) atoms. The van der Waals surface area contributed by atoms with Gasteiger partial charge in [-0.15, -0.1) is 0 Å². The summed E-state index contributed by atoms with van der Waals surface area (Å²) < 4.78 is 55.1. The molecule has 0 unspecified atom stereocenters. The van der Waals surface area contributed by atoms with E-state index in [0.29, 0.717) is 9.14 Å². The first-order valence-electron chi connectivity index (χ1n) is 7.49. The third-order valence-corrected chi connectivity index (χ3v) is 4.99. The minimum absolute atomic E-state index is 0.132. The van der Waals surface area contributed by atoms with Crippen LogP contribution < -0.4 is 0 Å². The van der Waals surface area contributed by atoms with E-state index in [1.54, 1.807) is 48.5 Å². The van der Waals surface area contributed by atoms with Crippen molar-refractivity contribution in [2.45, 2.75) is 6.18 Å². The zero-order chi connectivity index (χ0) is 18.9. The van der Waals surface area contributed by atoms with Crippen molar-refractivity contribution < 1.29 is 17.6 Å². The highest BCUT2D eigenvalue weighted by Gasteiger charge is 2.48. The topological polar surface area (TPSA) is 23.8 Å². The summed E-state index contributed by atoms with van der Waals surface area (Å²) in [6, 6.07) is 17.7. The fraction of sp³-hybridized carbons (Fsp3) is 0.0500. The molecule has 0 amide bonds. The largest absolute Gasteiger partial charge is 0.426 e. The van der Waals surface area contributed by atoms with Gasteiger partial charge in [-0.2, -0.15) is 18.4 Å². The van der Waals surface area contributed by atoms with E-state index in [9.17, 15) is 17.6 Å². The van der Waals surface area contributed by atoms with Crippen molar-refractivity contribution in [2.24, 2.45) is 0 Å². The molecule has 2 aromatic carbocycles. The van der Waals surface area contributed by atoms with Crippen molar-refractivity contribution in [3.05, 3.63) is 94.1 Å². The molecule has 6 heteroatoms. The fourth-order valence-corrected chi connectivity index (χ4v) is 3.49. The summed E-state index contributed by atoms with van der Waals surface area (Å²) >= 11 is 1.89. The van der Waals surface area contributed by atoms with Gasteiger partial charge in [-0.25, -0.2) is 4.39 Å². The first kappa shape index (κ1) is 18.4. The summed E-state index contributed by atoms with van der Waals surface area (Å²) in [7, 11) is 0. The van der Waals surface area contributed by atoms with E-state index in [1.165, 1.54) is 18.2 Å². The maximum absolute atomic E-state index is 14.9. The molecule has 0 radical (unpaired) electrons. The van der Waals surface area contributed by atoms with Gasteiger partial charge in [-0.05, 0) is 28.2 Å². The minimum Gasteiger partial charge on any atom is -0.206 e. The lowest BCUT2D eigenvalue weighted by Crippen LogP contribution is -2.10. The van der Waals surface area contributed by atoms with Crippen molar-refractivity contribution in [3.63, 3.8) is 0 Å². The summed E-state index contributed by atoms with van der Waals surface area (Å²) in [5.74, 6) is -0.766. The Hall–Kier alpha value is -2.40. The number of benzene rings is 2. The molecule has 0 aliphatic heterocycles. The van der Waals surface area contributed by atoms with Crippen molar-refractivity contribution in [3.8, 4) is 6.07 Å². The number of nitrogens with zero attached hydrogens (tertiary/aromatic N) is 1. The van der Waals surface area contributed by atoms with Gasteiger partial charge in [-0.3, -0.25) is 0 Å². The Labute approximate surface area is 161 Å². The monoisotopic (exact) mass is 467 g/mol. The van der Waals surface area contributed by atoms with E-state index in [2.05, 4.69) is 0 Å². The molecule has 1 saturated carbocycles. The molecule has 0 aromatic heterocycles. The second kappa shape index (κ2) is 7.08. The minimum atomic E-state index is -4.85. The van der Waals surface area contributed by atoms with Crippen LogP contribution in [0.4, 0.5) is 17.6 Å². The predicted octanol–water partition coefficient (Wildman–Crippen LogP) is 6.61. The molecule has 0 saturated heterocycles. The number of hydrogen-bond donors (Lipinski definition) is 0. The maximum Gasteiger partial charge on any atom is 0.426 e. The van der Waals surface area contributed by atoms with Gasteiger partial charge in [0.05, 0.1) is 0 Å². The Morgan fingerprint density at radius 3 is 1.77 bits per heavy atom. The molecule has 3 rings (SSSR count). The Morgan fingerprint density at radius 1 is 0.808 bits per heavy atom. The zero-order valence-corrected chi connectivity index (χ0v) is 15.3. The molecular weight excluding hydrogens is 457 g/mol. The van der Waals surface area contributed by atoms with Gasteiger partial charge >= 0.3 is 6.18 Å². The smallest absolute Gasteiger partial charge is 0.206 e. The van der Waals surface area contributed by atoms with Gasteiger partial charge in [0.2, 0.25) is 0 Å². The molecule has 1 nitrogen and oxygen atoms in total. The van der Waals surface area contributed by atoms with Crippen molar-refractivity contribution in [1.82, 2.24) is 0 Å². The van der Waals surface area contributed by atoms with Gasteiger partial charge < -0.3 is 0 Å². The van der Waals surface area contributed by atoms with Crippen molar-refractivity contribution >= 4 is 32.0 Å². The van der Waals surface area contributed by atoms with Crippen LogP contribution in [0, 0.1) is 11.3 Å². The van der Waals surface area contributed by atoms with Gasteiger partial charge in [0.25, 0.3) is 0 Å². The SMILES string of the molecule is N#CC(=C1C(=C(F)c2ccccc2)C1=C(I)c1ccccc1)C(F)(F)F. The molecule has 130 valence electrons. The van der Waals surface area contributed by atoms with E-state index >= 15 is 0 Å². The second-order valence-corrected chi connectivity index (χ2v) is 6.55. The third kappa shape index (κ3) is 3.44. The summed E-state index contributed by atoms with van der Waals surface area (Å²) in [5, 5.41) is 9.01. The Morgan fingerprint density at radius 2 is 1.31 bits per heavy atom. The summed E-state index contributed by atoms with van der Waals surface area (Å²) in [6.07, 6.45) is -4.85. The number of allylic oxidation sites excluding steroid dienone is 4. The van der Waals surface area contributed by atoms with Crippen LogP contribution in [0.2, 0.25) is 0 Å². The molecular formula is C20H10F4IN. The maximum atomic E-state index is 14.9. The highest BCUT2D eigenvalue weighted by atomic mass is 127. The number of rotatable bonds is 2. The van der Waals surface area contributed by atoms with Crippen LogP contribution in [0.5, 0.6) is 0 Å². The van der Waals surface area contributed by atoms with Crippen LogP contribution in [0.1, 0.15) is 11.1 Å². The van der Waals surface area contributed by atoms with Gasteiger partial charge in [-0.1, -0.05) is 60.7 Å². The number of nitriles is 1. The van der Waals surface area contributed by atoms with E-state index in [0.717, 1.165) is 0 Å². The van der Waals surface area contributed by atoms with Crippen LogP contribution in [0.15, 0.2) is 83.0 Å². The highest BCUT2D eigenvalue weighted by molar-refractivity contribution is 14.1. The first-order valence-corrected chi connectivity index (χ1v) is 8.57. The molecule has 0 N–H and O–H groups in total. The lowest BCUT2D eigenvalue weighted by molar-refractivity contribution is -0.0875. The molecule has 1 aliphatic rings. The van der Waals surface area contributed by atoms with Gasteiger partial charge in [0.15, 0.2) is 0 Å². The summed E-state index contributed by atoms with van der Waals surface area (Å²) in [5.41, 5.74) is -0.929. The third-order valence-electron chi connectivity index (χ3n) is 3.83. The molecule has 1 aliphatic carbocycles. The van der Waals surface area contributed by atoms with Crippen molar-refractivity contribution in [1.29, 1.82) is 5.26 Å². The van der Waals surface area contributed by atoms with Crippen molar-refractivity contribution in [2.75, 3.05) is 0 Å². The molecule has 2 aromatic rings. The zero-order valence-electron chi connectivity index (χ0n) is 13.1. The summed E-state index contributed by atoms with van der Waals surface area (Å²) in [4.78, 5) is 0. The molecule has 0 heterocycles. The Balaban J connectivity index is 2.29. The fourth-order valence-electron chi connectivity index (χ4n) is 2.60. The van der Waals surface area contributed by atoms with Crippen LogP contribution in [0.3, 0.4) is 0 Å². The second-order valence-electron chi connectivity index (χ2n) is 5.47. The normalized spacial score (nSPS) is 19.5. The van der Waals surface area contributed by atoms with Crippen LogP contribution >= 0.6 is 22.6 Å². The molecule has 0 bridgehead atoms. The van der Waals surface area contributed by atoms with Crippen LogP contribution in [0.25, 0.3) is 9.41 Å². The van der Waals surface area contributed by atoms with Crippen LogP contribution in [-0.4, -0.2) is 6.18 Å². The van der Waals surface area contributed by atoms with E-state index in [1.807, 2.05) is 22.6 Å². The molecule has 0 atom stereocenters. The predicted molar refractivity (Wildman–Crippen MR) is 101 cm³/mol. The molecule has 1 fully saturated rings. The lowest BCUT2D eigenvalue weighted by Gasteiger charge is -2.02. The summed E-state index contributed by atoms with van der Waals surface area (Å²) in [6.45, 7) is 0. The average Bonchev–Trinajstić information content (AvgIpc) is 3.36.